The van der Waals surface area contributed by atoms with E-state index in [4.69, 9.17) is 9.84 Å². The van der Waals surface area contributed by atoms with Gasteiger partial charge in [0, 0.05) is 29.2 Å². The minimum atomic E-state index is -0.898. The van der Waals surface area contributed by atoms with Crippen LogP contribution < -0.4 is 0 Å². The van der Waals surface area contributed by atoms with Crippen LogP contribution in [-0.4, -0.2) is 22.2 Å². The van der Waals surface area contributed by atoms with Gasteiger partial charge in [-0.1, -0.05) is 0 Å². The largest absolute Gasteiger partial charge is 0.478 e. The maximum atomic E-state index is 11.0. The van der Waals surface area contributed by atoms with Crippen molar-refractivity contribution in [2.45, 2.75) is 33.4 Å². The molecule has 0 amide bonds. The summed E-state index contributed by atoms with van der Waals surface area (Å²) in [5.74, 6) is -0.898. The van der Waals surface area contributed by atoms with E-state index in [1.165, 1.54) is 0 Å². The molecule has 1 aromatic heterocycles. The number of carboxylic acids is 1. The van der Waals surface area contributed by atoms with E-state index in [-0.39, 0.29) is 0 Å². The Balaban J connectivity index is 2.55. The molecule has 2 aromatic rings. The van der Waals surface area contributed by atoms with E-state index >= 15 is 0 Å². The molecule has 4 nitrogen and oxygen atoms in total. The summed E-state index contributed by atoms with van der Waals surface area (Å²) in [5, 5.41) is 9.99. The monoisotopic (exact) mass is 261 g/mol. The first-order valence-electron chi connectivity index (χ1n) is 6.49. The fourth-order valence-corrected chi connectivity index (χ4v) is 2.35. The van der Waals surface area contributed by atoms with E-state index in [2.05, 4.69) is 18.4 Å². The molecular formula is C15H19NO3. The second kappa shape index (κ2) is 5.45. The van der Waals surface area contributed by atoms with Crippen molar-refractivity contribution in [1.82, 2.24) is 4.57 Å². The van der Waals surface area contributed by atoms with Gasteiger partial charge in [0.2, 0.25) is 0 Å². The average molecular weight is 261 g/mol. The Morgan fingerprint density at radius 2 is 2.11 bits per heavy atom. The number of hydrogen-bond donors (Lipinski definition) is 1. The molecule has 0 saturated heterocycles. The summed E-state index contributed by atoms with van der Waals surface area (Å²) in [5.41, 5.74) is 2.44. The summed E-state index contributed by atoms with van der Waals surface area (Å²) in [7, 11) is 0. The van der Waals surface area contributed by atoms with Gasteiger partial charge in [0.05, 0.1) is 12.2 Å². The van der Waals surface area contributed by atoms with E-state index < -0.39 is 5.97 Å². The number of hydrogen-bond acceptors (Lipinski definition) is 2. The van der Waals surface area contributed by atoms with Gasteiger partial charge in [-0.2, -0.15) is 0 Å². The Labute approximate surface area is 112 Å². The lowest BCUT2D eigenvalue weighted by Gasteiger charge is -2.14. The molecule has 1 aromatic carbocycles. The Bertz CT molecular complexity index is 599. The minimum Gasteiger partial charge on any atom is -0.478 e. The van der Waals surface area contributed by atoms with Crippen LogP contribution in [0.5, 0.6) is 0 Å². The second-order valence-electron chi connectivity index (χ2n) is 4.82. The lowest BCUT2D eigenvalue weighted by molar-refractivity contribution is 0.0697. The predicted molar refractivity (Wildman–Crippen MR) is 74.6 cm³/mol. The number of carbonyl (C=O) groups is 1. The number of carboxylic acid groups (broad SMARTS) is 1. The van der Waals surface area contributed by atoms with Crippen molar-refractivity contribution in [3.63, 3.8) is 0 Å². The summed E-state index contributed by atoms with van der Waals surface area (Å²) in [6.45, 7) is 7.40. The quantitative estimate of drug-likeness (QED) is 0.896. The zero-order valence-electron chi connectivity index (χ0n) is 11.5. The van der Waals surface area contributed by atoms with Gasteiger partial charge in [-0.05, 0) is 45.0 Å². The summed E-state index contributed by atoms with van der Waals surface area (Å²) in [6, 6.07) is 7.55. The Morgan fingerprint density at radius 1 is 1.37 bits per heavy atom. The highest BCUT2D eigenvalue weighted by atomic mass is 16.5. The molecule has 0 aliphatic rings. The highest BCUT2D eigenvalue weighted by Crippen LogP contribution is 2.25. The molecule has 19 heavy (non-hydrogen) atoms. The number of rotatable bonds is 5. The molecule has 1 heterocycles. The molecule has 4 heteroatoms. The van der Waals surface area contributed by atoms with Crippen molar-refractivity contribution in [3.05, 3.63) is 35.5 Å². The Hall–Kier alpha value is -1.81. The first-order valence-corrected chi connectivity index (χ1v) is 6.49. The van der Waals surface area contributed by atoms with Gasteiger partial charge >= 0.3 is 5.97 Å². The maximum absolute atomic E-state index is 11.0. The van der Waals surface area contributed by atoms with Crippen LogP contribution in [0.4, 0.5) is 0 Å². The normalized spacial score (nSPS) is 11.4. The lowest BCUT2D eigenvalue weighted by Crippen LogP contribution is -2.07. The Morgan fingerprint density at radius 3 is 2.68 bits per heavy atom. The molecule has 0 spiro atoms. The van der Waals surface area contributed by atoms with Crippen molar-refractivity contribution in [1.29, 1.82) is 0 Å². The summed E-state index contributed by atoms with van der Waals surface area (Å²) in [4.78, 5) is 11.0. The van der Waals surface area contributed by atoms with Gasteiger partial charge in [-0.3, -0.25) is 0 Å². The van der Waals surface area contributed by atoms with Crippen LogP contribution in [0.3, 0.4) is 0 Å². The molecule has 0 aliphatic carbocycles. The van der Waals surface area contributed by atoms with E-state index in [0.29, 0.717) is 24.8 Å². The average Bonchev–Trinajstić information content (AvgIpc) is 2.73. The number of fused-ring (bicyclic) bond motifs is 1. The zero-order chi connectivity index (χ0) is 14.0. The van der Waals surface area contributed by atoms with Crippen LogP contribution in [0.1, 0.15) is 42.9 Å². The van der Waals surface area contributed by atoms with Gasteiger partial charge in [0.15, 0.2) is 0 Å². The van der Waals surface area contributed by atoms with Crippen LogP contribution in [0.2, 0.25) is 0 Å². The number of ether oxygens (including phenoxy) is 1. The van der Waals surface area contributed by atoms with Crippen LogP contribution in [0.25, 0.3) is 10.9 Å². The molecule has 1 N–H and O–H groups in total. The van der Waals surface area contributed by atoms with Gasteiger partial charge in [0.25, 0.3) is 0 Å². The van der Waals surface area contributed by atoms with E-state index in [9.17, 15) is 4.79 Å². The summed E-state index contributed by atoms with van der Waals surface area (Å²) in [6.07, 6.45) is 0. The van der Waals surface area contributed by atoms with Crippen molar-refractivity contribution >= 4 is 16.9 Å². The number of nitrogens with zero attached hydrogens (tertiary/aromatic N) is 1. The van der Waals surface area contributed by atoms with Crippen LogP contribution in [0, 0.1) is 0 Å². The van der Waals surface area contributed by atoms with E-state index in [1.54, 1.807) is 12.1 Å². The van der Waals surface area contributed by atoms with Gasteiger partial charge < -0.3 is 14.4 Å². The fourth-order valence-electron chi connectivity index (χ4n) is 2.35. The molecule has 0 unspecified atom stereocenters. The lowest BCUT2D eigenvalue weighted by atomic mass is 10.1. The standard InChI is InChI=1S/C15H19NO3/c1-4-19-9-13-8-12-7-11(15(17)18)5-6-14(12)16(13)10(2)3/h5-8,10H,4,9H2,1-3H3,(H,17,18). The predicted octanol–water partition coefficient (Wildman–Crippen LogP) is 3.46. The molecule has 102 valence electrons. The maximum Gasteiger partial charge on any atom is 0.335 e. The van der Waals surface area contributed by atoms with Crippen LogP contribution in [0.15, 0.2) is 24.3 Å². The van der Waals surface area contributed by atoms with Crippen LogP contribution >= 0.6 is 0 Å². The highest BCUT2D eigenvalue weighted by Gasteiger charge is 2.13. The number of benzene rings is 1. The first-order chi connectivity index (χ1) is 9.04. The molecule has 0 aliphatic heterocycles. The molecule has 0 atom stereocenters. The first kappa shape index (κ1) is 13.6. The fraction of sp³-hybridized carbons (Fsp3) is 0.400. The summed E-state index contributed by atoms with van der Waals surface area (Å²) >= 11 is 0. The van der Waals surface area contributed by atoms with Crippen molar-refractivity contribution in [2.75, 3.05) is 6.61 Å². The van der Waals surface area contributed by atoms with Gasteiger partial charge in [-0.25, -0.2) is 4.79 Å². The molecule has 2 rings (SSSR count). The van der Waals surface area contributed by atoms with E-state index in [0.717, 1.165) is 16.6 Å². The number of aromatic nitrogens is 1. The van der Waals surface area contributed by atoms with E-state index in [1.807, 2.05) is 19.1 Å². The third kappa shape index (κ3) is 2.63. The second-order valence-corrected chi connectivity index (χ2v) is 4.82. The molecule has 0 fully saturated rings. The molecule has 0 saturated carbocycles. The topological polar surface area (TPSA) is 51.5 Å². The van der Waals surface area contributed by atoms with Crippen LogP contribution in [-0.2, 0) is 11.3 Å². The van der Waals surface area contributed by atoms with Crippen molar-refractivity contribution in [2.24, 2.45) is 0 Å². The van der Waals surface area contributed by atoms with Crippen molar-refractivity contribution < 1.29 is 14.6 Å². The summed E-state index contributed by atoms with van der Waals surface area (Å²) < 4.78 is 7.67. The molecule has 0 radical (unpaired) electrons. The van der Waals surface area contributed by atoms with Crippen molar-refractivity contribution in [3.8, 4) is 0 Å². The smallest absolute Gasteiger partial charge is 0.335 e. The zero-order valence-corrected chi connectivity index (χ0v) is 11.5. The molecular weight excluding hydrogens is 242 g/mol. The molecule has 0 bridgehead atoms. The number of aromatic carboxylic acids is 1. The SMILES string of the molecule is CCOCc1cc2cc(C(=O)O)ccc2n1C(C)C. The third-order valence-electron chi connectivity index (χ3n) is 3.14. The van der Waals surface area contributed by atoms with Gasteiger partial charge in [-0.15, -0.1) is 0 Å². The third-order valence-corrected chi connectivity index (χ3v) is 3.14. The van der Waals surface area contributed by atoms with Gasteiger partial charge in [0.1, 0.15) is 0 Å². The minimum absolute atomic E-state index is 0.309. The highest BCUT2D eigenvalue weighted by molar-refractivity contribution is 5.94. The Kier molecular flexibility index (Phi) is 3.90.